The highest BCUT2D eigenvalue weighted by Crippen LogP contribution is 2.38. The highest BCUT2D eigenvalue weighted by Gasteiger charge is 2.52. The molecule has 0 saturated carbocycles. The van der Waals surface area contributed by atoms with Crippen LogP contribution >= 0.6 is 0 Å². The fourth-order valence-electron chi connectivity index (χ4n) is 4.63. The van der Waals surface area contributed by atoms with Gasteiger partial charge in [0.05, 0.1) is 12.1 Å². The van der Waals surface area contributed by atoms with E-state index in [1.165, 1.54) is 11.8 Å². The molecule has 1 amide bonds. The van der Waals surface area contributed by atoms with Gasteiger partial charge in [-0.15, -0.1) is 6.58 Å². The predicted molar refractivity (Wildman–Crippen MR) is 130 cm³/mol. The Morgan fingerprint density at radius 2 is 2.03 bits per heavy atom. The summed E-state index contributed by atoms with van der Waals surface area (Å²) in [5.74, 6) is -0.695. The number of para-hydroxylation sites is 1. The lowest BCUT2D eigenvalue weighted by atomic mass is 9.98. The van der Waals surface area contributed by atoms with Crippen molar-refractivity contribution in [1.29, 1.82) is 0 Å². The number of aromatic nitrogens is 2. The molecule has 1 saturated heterocycles. The maximum atomic E-state index is 12.9. The van der Waals surface area contributed by atoms with Gasteiger partial charge in [-0.05, 0) is 46.2 Å². The number of nitrogens with zero attached hydrogens (tertiary/aromatic N) is 3. The fourth-order valence-corrected chi connectivity index (χ4v) is 4.63. The summed E-state index contributed by atoms with van der Waals surface area (Å²) in [6.07, 6.45) is 2.71. The van der Waals surface area contributed by atoms with E-state index in [4.69, 9.17) is 14.5 Å². The molecule has 8 nitrogen and oxygen atoms in total. The monoisotopic (exact) mass is 465 g/mol. The van der Waals surface area contributed by atoms with Crippen molar-refractivity contribution in [2.45, 2.75) is 64.8 Å². The number of carboxylic acids is 1. The number of hydrogen-bond donors (Lipinski definition) is 1. The fraction of sp³-hybridized carbons (Fsp3) is 0.423. The summed E-state index contributed by atoms with van der Waals surface area (Å²) in [6, 6.07) is 7.85. The Bertz CT molecular complexity index is 1290. The van der Waals surface area contributed by atoms with E-state index in [0.717, 1.165) is 27.4 Å². The van der Waals surface area contributed by atoms with Crippen molar-refractivity contribution in [3.8, 4) is 5.88 Å². The maximum absolute atomic E-state index is 12.9. The topological polar surface area (TPSA) is 93.9 Å². The number of pyridine rings is 1. The molecule has 1 fully saturated rings. The molecule has 8 heteroatoms. The zero-order chi connectivity index (χ0) is 24.8. The van der Waals surface area contributed by atoms with Crippen molar-refractivity contribution in [2.75, 3.05) is 6.54 Å². The van der Waals surface area contributed by atoms with Gasteiger partial charge in [0.1, 0.15) is 22.8 Å². The van der Waals surface area contributed by atoms with E-state index < -0.39 is 29.3 Å². The van der Waals surface area contributed by atoms with Crippen molar-refractivity contribution in [3.63, 3.8) is 0 Å². The molecule has 2 atom stereocenters. The molecule has 2 aromatic heterocycles. The second kappa shape index (κ2) is 8.34. The minimum atomic E-state index is -1.46. The number of carbonyl (C=O) groups excluding carboxylic acids is 1. The lowest BCUT2D eigenvalue weighted by molar-refractivity contribution is -0.148. The van der Waals surface area contributed by atoms with Crippen LogP contribution in [0.25, 0.3) is 21.8 Å². The first-order valence-corrected chi connectivity index (χ1v) is 11.3. The molecule has 1 N–H and O–H groups in total. The van der Waals surface area contributed by atoms with Crippen LogP contribution in [-0.2, 0) is 16.1 Å². The highest BCUT2D eigenvalue weighted by atomic mass is 16.6. The summed E-state index contributed by atoms with van der Waals surface area (Å²) in [5.41, 5.74) is 0.487. The summed E-state index contributed by atoms with van der Waals surface area (Å²) < 4.78 is 13.9. The Kier molecular flexibility index (Phi) is 5.79. The zero-order valence-electron chi connectivity index (χ0n) is 20.3. The molecule has 0 bridgehead atoms. The number of rotatable bonds is 5. The van der Waals surface area contributed by atoms with E-state index in [9.17, 15) is 14.7 Å². The molecule has 3 aromatic rings. The molecule has 0 unspecified atom stereocenters. The number of carboxylic acid groups (broad SMARTS) is 1. The van der Waals surface area contributed by atoms with Gasteiger partial charge in [0.2, 0.25) is 5.88 Å². The first-order valence-electron chi connectivity index (χ1n) is 11.3. The number of fused-ring (bicyclic) bond motifs is 3. The Labute approximate surface area is 198 Å². The van der Waals surface area contributed by atoms with Crippen LogP contribution < -0.4 is 4.74 Å². The third kappa shape index (κ3) is 4.08. The number of ether oxygens (including phenoxy) is 2. The Balaban J connectivity index is 1.76. The number of allylic oxidation sites excluding steroid dienone is 1. The lowest BCUT2D eigenvalue weighted by Gasteiger charge is -2.32. The number of aryl methyl sites for hydroxylation is 1. The SMILES string of the molecule is C=CCn1cc(C)c2c3ccccc3nc(O[C@H]3CN(C(=O)OC(C)(C)C)[C@](C)(C(=O)O)C3)c21. The highest BCUT2D eigenvalue weighted by molar-refractivity contribution is 6.08. The van der Waals surface area contributed by atoms with E-state index in [1.807, 2.05) is 42.0 Å². The van der Waals surface area contributed by atoms with E-state index in [2.05, 4.69) is 6.58 Å². The molecule has 4 rings (SSSR count). The summed E-state index contributed by atoms with van der Waals surface area (Å²) in [7, 11) is 0. The van der Waals surface area contributed by atoms with Gasteiger partial charge in [-0.1, -0.05) is 24.3 Å². The van der Waals surface area contributed by atoms with Crippen LogP contribution in [0.15, 0.2) is 43.1 Å². The molecule has 0 spiro atoms. The molecule has 1 aromatic carbocycles. The molecule has 0 aliphatic carbocycles. The average Bonchev–Trinajstić information content (AvgIpc) is 3.25. The van der Waals surface area contributed by atoms with Crippen molar-refractivity contribution in [1.82, 2.24) is 14.5 Å². The van der Waals surface area contributed by atoms with Crippen molar-refractivity contribution < 1.29 is 24.2 Å². The van der Waals surface area contributed by atoms with Crippen molar-refractivity contribution in [3.05, 3.63) is 48.7 Å². The van der Waals surface area contributed by atoms with Crippen LogP contribution in [0.2, 0.25) is 0 Å². The standard InChI is InChI=1S/C26H31N3O5/c1-7-12-28-14-16(2)20-18-10-8-9-11-19(18)27-22(21(20)28)33-17-13-26(6,23(30)31)29(15-17)24(32)34-25(3,4)5/h7-11,14,17H,1,12-13,15H2,2-6H3,(H,30,31)/t17-,26+/m1/s1. The number of aliphatic carboxylic acids is 1. The Hall–Kier alpha value is -3.55. The second-order valence-electron chi connectivity index (χ2n) is 10.0. The van der Waals surface area contributed by atoms with Gasteiger partial charge >= 0.3 is 12.1 Å². The quantitative estimate of drug-likeness (QED) is 0.538. The summed E-state index contributed by atoms with van der Waals surface area (Å²) in [4.78, 5) is 31.1. The Morgan fingerprint density at radius 1 is 1.32 bits per heavy atom. The second-order valence-corrected chi connectivity index (χ2v) is 10.0. The summed E-state index contributed by atoms with van der Waals surface area (Å²) in [6.45, 7) is 13.3. The molecular formula is C26H31N3O5. The van der Waals surface area contributed by atoms with Crippen molar-refractivity contribution in [2.24, 2.45) is 0 Å². The smallest absolute Gasteiger partial charge is 0.411 e. The van der Waals surface area contributed by atoms with Gasteiger partial charge in [-0.3, -0.25) is 4.90 Å². The van der Waals surface area contributed by atoms with Crippen LogP contribution in [0.5, 0.6) is 5.88 Å². The van der Waals surface area contributed by atoms with E-state index in [1.54, 1.807) is 26.8 Å². The van der Waals surface area contributed by atoms with E-state index in [-0.39, 0.29) is 13.0 Å². The van der Waals surface area contributed by atoms with Crippen molar-refractivity contribution >= 4 is 33.9 Å². The molecule has 180 valence electrons. The van der Waals surface area contributed by atoms with Crippen LogP contribution in [-0.4, -0.2) is 55.4 Å². The van der Waals surface area contributed by atoms with Gasteiger partial charge in [0, 0.05) is 29.9 Å². The van der Waals surface area contributed by atoms with Gasteiger partial charge in [0.15, 0.2) is 0 Å². The number of hydrogen-bond acceptors (Lipinski definition) is 5. The lowest BCUT2D eigenvalue weighted by Crippen LogP contribution is -2.52. The normalized spacial score (nSPS) is 20.6. The molecule has 1 aliphatic rings. The first-order chi connectivity index (χ1) is 15.9. The number of amides is 1. The molecule has 34 heavy (non-hydrogen) atoms. The third-order valence-electron chi connectivity index (χ3n) is 6.15. The summed E-state index contributed by atoms with van der Waals surface area (Å²) in [5, 5.41) is 12.0. The van der Waals surface area contributed by atoms with Gasteiger partial charge in [0.25, 0.3) is 0 Å². The number of benzene rings is 1. The van der Waals surface area contributed by atoms with E-state index in [0.29, 0.717) is 12.4 Å². The third-order valence-corrected chi connectivity index (χ3v) is 6.15. The van der Waals surface area contributed by atoms with Crippen LogP contribution in [0, 0.1) is 6.92 Å². The first kappa shape index (κ1) is 23.6. The van der Waals surface area contributed by atoms with Gasteiger partial charge < -0.3 is 19.1 Å². The Morgan fingerprint density at radius 3 is 2.68 bits per heavy atom. The molecule has 3 heterocycles. The largest absolute Gasteiger partial charge is 0.480 e. The molecular weight excluding hydrogens is 434 g/mol. The average molecular weight is 466 g/mol. The minimum Gasteiger partial charge on any atom is -0.480 e. The molecule has 1 aliphatic heterocycles. The van der Waals surface area contributed by atoms with Gasteiger partial charge in [-0.2, -0.15) is 0 Å². The predicted octanol–water partition coefficient (Wildman–Crippen LogP) is 4.92. The maximum Gasteiger partial charge on any atom is 0.411 e. The number of carbonyl (C=O) groups is 2. The number of likely N-dealkylation sites (tertiary alicyclic amines) is 1. The van der Waals surface area contributed by atoms with Crippen LogP contribution in [0.1, 0.15) is 39.7 Å². The summed E-state index contributed by atoms with van der Waals surface area (Å²) >= 11 is 0. The van der Waals surface area contributed by atoms with E-state index >= 15 is 0 Å². The van der Waals surface area contributed by atoms with Crippen LogP contribution in [0.4, 0.5) is 4.79 Å². The van der Waals surface area contributed by atoms with Gasteiger partial charge in [-0.25, -0.2) is 14.6 Å². The zero-order valence-corrected chi connectivity index (χ0v) is 20.3. The van der Waals surface area contributed by atoms with Crippen LogP contribution in [0.3, 0.4) is 0 Å². The minimum absolute atomic E-state index is 0.0782. The molecule has 0 radical (unpaired) electrons.